The third kappa shape index (κ3) is 2.93. The minimum Gasteiger partial charge on any atom is -0.384 e. The second-order valence-corrected chi connectivity index (χ2v) is 5.32. The molecule has 4 heteroatoms. The lowest BCUT2D eigenvalue weighted by Gasteiger charge is -2.19. The minimum absolute atomic E-state index is 0.121. The summed E-state index contributed by atoms with van der Waals surface area (Å²) in [5.41, 5.74) is 7.91. The van der Waals surface area contributed by atoms with E-state index < -0.39 is 5.60 Å². The van der Waals surface area contributed by atoms with Gasteiger partial charge in [-0.2, -0.15) is 5.26 Å². The molecule has 0 saturated carbocycles. The molecule has 0 spiro atoms. The van der Waals surface area contributed by atoms with Gasteiger partial charge in [-0.15, -0.1) is 0 Å². The van der Waals surface area contributed by atoms with Crippen LogP contribution in [-0.2, 0) is 5.60 Å². The number of nitriles is 1. The van der Waals surface area contributed by atoms with Gasteiger partial charge in [0.05, 0.1) is 5.69 Å². The van der Waals surface area contributed by atoms with Gasteiger partial charge in [-0.1, -0.05) is 30.9 Å². The fourth-order valence-corrected chi connectivity index (χ4v) is 2.06. The van der Waals surface area contributed by atoms with Gasteiger partial charge in [0.25, 0.3) is 0 Å². The van der Waals surface area contributed by atoms with Crippen molar-refractivity contribution in [2.75, 3.05) is 5.73 Å². The number of aromatic nitrogens is 1. The average Bonchev–Trinajstić information content (AvgIpc) is 2.45. The van der Waals surface area contributed by atoms with Crippen LogP contribution < -0.4 is 5.73 Å². The number of nitrogens with zero attached hydrogens (tertiary/aromatic N) is 2. The van der Waals surface area contributed by atoms with E-state index in [0.29, 0.717) is 16.8 Å². The zero-order valence-electron chi connectivity index (χ0n) is 12.1. The van der Waals surface area contributed by atoms with E-state index >= 15 is 0 Å². The first kappa shape index (κ1) is 14.8. The van der Waals surface area contributed by atoms with Crippen molar-refractivity contribution in [3.05, 3.63) is 53.7 Å². The van der Waals surface area contributed by atoms with E-state index in [1.54, 1.807) is 26.0 Å². The molecule has 3 N–H and O–H groups in total. The summed E-state index contributed by atoms with van der Waals surface area (Å²) in [4.78, 5) is 4.13. The molecule has 0 aliphatic rings. The SMILES string of the molecule is C=Cc1cccc(-c2cc(C(C)(C)O)nc(N)c2C#N)c1. The summed E-state index contributed by atoms with van der Waals surface area (Å²) in [6.07, 6.45) is 1.73. The van der Waals surface area contributed by atoms with Crippen molar-refractivity contribution in [2.24, 2.45) is 0 Å². The summed E-state index contributed by atoms with van der Waals surface area (Å²) < 4.78 is 0. The number of aliphatic hydroxyl groups is 1. The van der Waals surface area contributed by atoms with Crippen molar-refractivity contribution in [1.82, 2.24) is 4.98 Å². The van der Waals surface area contributed by atoms with Crippen LogP contribution in [0, 0.1) is 11.3 Å². The number of rotatable bonds is 3. The topological polar surface area (TPSA) is 82.9 Å². The third-order valence-corrected chi connectivity index (χ3v) is 3.22. The number of anilines is 1. The van der Waals surface area contributed by atoms with Crippen molar-refractivity contribution in [1.29, 1.82) is 5.26 Å². The Hall–Kier alpha value is -2.64. The van der Waals surface area contributed by atoms with E-state index in [-0.39, 0.29) is 5.82 Å². The van der Waals surface area contributed by atoms with E-state index in [1.165, 1.54) is 0 Å². The molecule has 1 aromatic carbocycles. The van der Waals surface area contributed by atoms with Crippen LogP contribution in [0.15, 0.2) is 36.9 Å². The second kappa shape index (κ2) is 5.39. The molecule has 0 atom stereocenters. The molecule has 0 aliphatic heterocycles. The standard InChI is InChI=1S/C17H17N3O/c1-4-11-6-5-7-12(8-11)13-9-15(17(2,3)21)20-16(19)14(13)10-18/h4-9,21H,1H2,2-3H3,(H2,19,20). The van der Waals surface area contributed by atoms with E-state index in [0.717, 1.165) is 11.1 Å². The molecule has 0 fully saturated rings. The fraction of sp³-hybridized carbons (Fsp3) is 0.176. The van der Waals surface area contributed by atoms with Gasteiger partial charge in [0.2, 0.25) is 0 Å². The van der Waals surface area contributed by atoms with Gasteiger partial charge >= 0.3 is 0 Å². The average molecular weight is 279 g/mol. The molecule has 0 amide bonds. The maximum absolute atomic E-state index is 10.1. The lowest BCUT2D eigenvalue weighted by Crippen LogP contribution is -2.19. The zero-order chi connectivity index (χ0) is 15.6. The third-order valence-electron chi connectivity index (χ3n) is 3.22. The monoisotopic (exact) mass is 279 g/mol. The van der Waals surface area contributed by atoms with Gasteiger partial charge in [0, 0.05) is 5.56 Å². The van der Waals surface area contributed by atoms with Crippen molar-refractivity contribution >= 4 is 11.9 Å². The number of nitrogen functional groups attached to an aromatic ring is 1. The van der Waals surface area contributed by atoms with Crippen LogP contribution in [-0.4, -0.2) is 10.1 Å². The highest BCUT2D eigenvalue weighted by molar-refractivity contribution is 5.77. The molecular weight excluding hydrogens is 262 g/mol. The van der Waals surface area contributed by atoms with Crippen molar-refractivity contribution in [3.8, 4) is 17.2 Å². The number of hydrogen-bond acceptors (Lipinski definition) is 4. The molecule has 2 aromatic rings. The highest BCUT2D eigenvalue weighted by Gasteiger charge is 2.22. The van der Waals surface area contributed by atoms with Crippen LogP contribution in [0.2, 0.25) is 0 Å². The lowest BCUT2D eigenvalue weighted by atomic mass is 9.95. The van der Waals surface area contributed by atoms with Crippen molar-refractivity contribution in [2.45, 2.75) is 19.4 Å². The minimum atomic E-state index is -1.13. The van der Waals surface area contributed by atoms with Crippen molar-refractivity contribution in [3.63, 3.8) is 0 Å². The molecule has 0 aliphatic carbocycles. The Labute approximate surface area is 124 Å². The highest BCUT2D eigenvalue weighted by Crippen LogP contribution is 2.31. The molecule has 0 bridgehead atoms. The molecule has 106 valence electrons. The van der Waals surface area contributed by atoms with E-state index in [4.69, 9.17) is 5.73 Å². The second-order valence-electron chi connectivity index (χ2n) is 5.32. The number of pyridine rings is 1. The van der Waals surface area contributed by atoms with Gasteiger partial charge < -0.3 is 10.8 Å². The molecule has 2 rings (SSSR count). The molecule has 0 saturated heterocycles. The van der Waals surface area contributed by atoms with Crippen molar-refractivity contribution < 1.29 is 5.11 Å². The summed E-state index contributed by atoms with van der Waals surface area (Å²) in [5, 5.41) is 19.5. The van der Waals surface area contributed by atoms with Gasteiger partial charge in [-0.05, 0) is 37.1 Å². The van der Waals surface area contributed by atoms with Crippen LogP contribution in [0.5, 0.6) is 0 Å². The normalized spacial score (nSPS) is 11.0. The maximum atomic E-state index is 10.1. The first-order valence-corrected chi connectivity index (χ1v) is 6.53. The molecule has 0 unspecified atom stereocenters. The van der Waals surface area contributed by atoms with Crippen LogP contribution in [0.3, 0.4) is 0 Å². The Balaban J connectivity index is 2.74. The Bertz CT molecular complexity index is 737. The van der Waals surface area contributed by atoms with Gasteiger partial charge in [0.15, 0.2) is 0 Å². The Kier molecular flexibility index (Phi) is 3.79. The number of hydrogen-bond donors (Lipinski definition) is 2. The summed E-state index contributed by atoms with van der Waals surface area (Å²) >= 11 is 0. The summed E-state index contributed by atoms with van der Waals surface area (Å²) in [6.45, 7) is 7.00. The van der Waals surface area contributed by atoms with Gasteiger partial charge in [-0.3, -0.25) is 0 Å². The number of nitrogens with two attached hydrogens (primary N) is 1. The fourth-order valence-electron chi connectivity index (χ4n) is 2.06. The van der Waals surface area contributed by atoms with E-state index in [2.05, 4.69) is 17.6 Å². The van der Waals surface area contributed by atoms with E-state index in [1.807, 2.05) is 24.3 Å². The molecule has 0 radical (unpaired) electrons. The van der Waals surface area contributed by atoms with Crippen LogP contribution in [0.4, 0.5) is 5.82 Å². The Morgan fingerprint density at radius 3 is 2.67 bits per heavy atom. The number of benzene rings is 1. The van der Waals surface area contributed by atoms with Crippen LogP contribution >= 0.6 is 0 Å². The predicted octanol–water partition coefficient (Wildman–Crippen LogP) is 3.07. The van der Waals surface area contributed by atoms with Crippen LogP contribution in [0.25, 0.3) is 17.2 Å². The maximum Gasteiger partial charge on any atom is 0.142 e. The Morgan fingerprint density at radius 1 is 1.38 bits per heavy atom. The predicted molar refractivity (Wildman–Crippen MR) is 84.1 cm³/mol. The highest BCUT2D eigenvalue weighted by atomic mass is 16.3. The first-order chi connectivity index (χ1) is 9.86. The van der Waals surface area contributed by atoms with Crippen LogP contribution in [0.1, 0.15) is 30.7 Å². The largest absolute Gasteiger partial charge is 0.384 e. The molecule has 21 heavy (non-hydrogen) atoms. The summed E-state index contributed by atoms with van der Waals surface area (Å²) in [6, 6.07) is 11.4. The van der Waals surface area contributed by atoms with Gasteiger partial charge in [0.1, 0.15) is 23.1 Å². The molecule has 4 nitrogen and oxygen atoms in total. The molecule has 1 aromatic heterocycles. The molecule has 1 heterocycles. The zero-order valence-corrected chi connectivity index (χ0v) is 12.1. The lowest BCUT2D eigenvalue weighted by molar-refractivity contribution is 0.0740. The smallest absolute Gasteiger partial charge is 0.142 e. The summed E-state index contributed by atoms with van der Waals surface area (Å²) in [7, 11) is 0. The van der Waals surface area contributed by atoms with E-state index in [9.17, 15) is 10.4 Å². The quantitative estimate of drug-likeness (QED) is 0.904. The Morgan fingerprint density at radius 2 is 2.10 bits per heavy atom. The molecular formula is C17H17N3O. The first-order valence-electron chi connectivity index (χ1n) is 6.53. The van der Waals surface area contributed by atoms with Gasteiger partial charge in [-0.25, -0.2) is 4.98 Å². The summed E-state index contributed by atoms with van der Waals surface area (Å²) in [5.74, 6) is 0.121.